The van der Waals surface area contributed by atoms with E-state index in [1.165, 1.54) is 0 Å². The van der Waals surface area contributed by atoms with E-state index in [2.05, 4.69) is 4.98 Å². The number of hydrogen-bond acceptors (Lipinski definition) is 2. The molecular formula is C15H13NO. The average Bonchev–Trinajstić information content (AvgIpc) is 2.37. The van der Waals surface area contributed by atoms with Crippen molar-refractivity contribution in [3.05, 3.63) is 71.6 Å². The Hall–Kier alpha value is -2.22. The first kappa shape index (κ1) is 11.3. The highest BCUT2D eigenvalue weighted by Gasteiger charge is 1.99. The number of allylic oxidation sites excluding steroid dienone is 1. The van der Waals surface area contributed by atoms with E-state index in [1.54, 1.807) is 24.3 Å². The molecule has 2 heteroatoms. The van der Waals surface area contributed by atoms with Crippen molar-refractivity contribution in [1.82, 2.24) is 4.98 Å². The number of aromatic nitrogens is 1. The molecule has 0 spiro atoms. The Labute approximate surface area is 101 Å². The molecule has 0 aliphatic heterocycles. The van der Waals surface area contributed by atoms with Gasteiger partial charge in [-0.3, -0.25) is 9.78 Å². The number of rotatable bonds is 3. The van der Waals surface area contributed by atoms with Crippen LogP contribution in [0.1, 0.15) is 21.7 Å². The molecule has 0 N–H and O–H groups in total. The molecule has 0 aliphatic rings. The summed E-state index contributed by atoms with van der Waals surface area (Å²) >= 11 is 0. The molecule has 2 aromatic rings. The van der Waals surface area contributed by atoms with Crippen LogP contribution < -0.4 is 0 Å². The lowest BCUT2D eigenvalue weighted by atomic mass is 10.1. The fourth-order valence-corrected chi connectivity index (χ4v) is 1.52. The van der Waals surface area contributed by atoms with E-state index in [4.69, 9.17) is 0 Å². The Balaban J connectivity index is 2.14. The fourth-order valence-electron chi connectivity index (χ4n) is 1.52. The van der Waals surface area contributed by atoms with Crippen LogP contribution in [0.5, 0.6) is 0 Å². The molecule has 2 nitrogen and oxygen atoms in total. The number of pyridine rings is 1. The highest BCUT2D eigenvalue weighted by Crippen LogP contribution is 2.04. The normalized spacial score (nSPS) is 10.6. The van der Waals surface area contributed by atoms with E-state index < -0.39 is 0 Å². The Bertz CT molecular complexity index is 544. The molecule has 0 atom stereocenters. The first-order chi connectivity index (χ1) is 8.25. The third-order valence-electron chi connectivity index (χ3n) is 2.37. The maximum absolute atomic E-state index is 11.8. The van der Waals surface area contributed by atoms with Gasteiger partial charge in [0.15, 0.2) is 5.78 Å². The molecular weight excluding hydrogens is 210 g/mol. The third-order valence-corrected chi connectivity index (χ3v) is 2.37. The zero-order valence-electron chi connectivity index (χ0n) is 9.63. The molecule has 0 amide bonds. The van der Waals surface area contributed by atoms with E-state index in [0.29, 0.717) is 5.56 Å². The third kappa shape index (κ3) is 3.11. The number of hydrogen-bond donors (Lipinski definition) is 0. The van der Waals surface area contributed by atoms with Crippen LogP contribution >= 0.6 is 0 Å². The largest absolute Gasteiger partial charge is 0.289 e. The Kier molecular flexibility index (Phi) is 3.46. The first-order valence-corrected chi connectivity index (χ1v) is 5.47. The first-order valence-electron chi connectivity index (χ1n) is 5.47. The molecule has 2 rings (SSSR count). The lowest BCUT2D eigenvalue weighted by molar-refractivity contribution is 0.104. The number of nitrogens with zero attached hydrogens (tertiary/aromatic N) is 1. The lowest BCUT2D eigenvalue weighted by Gasteiger charge is -1.96. The molecule has 0 fully saturated rings. The smallest absolute Gasteiger partial charge is 0.185 e. The number of ketones is 1. The van der Waals surface area contributed by atoms with Crippen molar-refractivity contribution in [3.8, 4) is 0 Å². The van der Waals surface area contributed by atoms with Crippen LogP contribution in [-0.4, -0.2) is 10.8 Å². The monoisotopic (exact) mass is 223 g/mol. The summed E-state index contributed by atoms with van der Waals surface area (Å²) in [4.78, 5) is 16.1. The van der Waals surface area contributed by atoms with E-state index in [0.717, 1.165) is 11.4 Å². The Morgan fingerprint density at radius 2 is 1.82 bits per heavy atom. The highest BCUT2D eigenvalue weighted by atomic mass is 16.1. The molecule has 84 valence electrons. The summed E-state index contributed by atoms with van der Waals surface area (Å²) in [5.74, 6) is -0.00564. The summed E-state index contributed by atoms with van der Waals surface area (Å²) in [6.45, 7) is 1.93. The van der Waals surface area contributed by atoms with Crippen molar-refractivity contribution in [1.29, 1.82) is 0 Å². The molecule has 1 aromatic carbocycles. The summed E-state index contributed by atoms with van der Waals surface area (Å²) in [5, 5.41) is 0. The highest BCUT2D eigenvalue weighted by molar-refractivity contribution is 6.06. The standard InChI is InChI=1S/C15H13NO/c1-12-6-5-9-14(16-12)10-11-15(17)13-7-3-2-4-8-13/h2-11H,1H3. The van der Waals surface area contributed by atoms with Crippen LogP contribution in [-0.2, 0) is 0 Å². The maximum Gasteiger partial charge on any atom is 0.185 e. The van der Waals surface area contributed by atoms with Crippen LogP contribution in [0.25, 0.3) is 6.08 Å². The number of carbonyl (C=O) groups excluding carboxylic acids is 1. The van der Waals surface area contributed by atoms with E-state index in [-0.39, 0.29) is 5.78 Å². The lowest BCUT2D eigenvalue weighted by Crippen LogP contribution is -1.93. The summed E-state index contributed by atoms with van der Waals surface area (Å²) in [7, 11) is 0. The van der Waals surface area contributed by atoms with Gasteiger partial charge in [0.25, 0.3) is 0 Å². The number of aryl methyl sites for hydroxylation is 1. The minimum Gasteiger partial charge on any atom is -0.289 e. The SMILES string of the molecule is Cc1cccc(C=CC(=O)c2ccccc2)n1. The van der Waals surface area contributed by atoms with Crippen molar-refractivity contribution in [3.63, 3.8) is 0 Å². The van der Waals surface area contributed by atoms with Crippen LogP contribution in [0.2, 0.25) is 0 Å². The van der Waals surface area contributed by atoms with Crippen LogP contribution in [0.3, 0.4) is 0 Å². The van der Waals surface area contributed by atoms with Crippen LogP contribution in [0.15, 0.2) is 54.6 Å². The van der Waals surface area contributed by atoms with Gasteiger partial charge in [-0.05, 0) is 31.2 Å². The van der Waals surface area contributed by atoms with Crippen LogP contribution in [0, 0.1) is 6.92 Å². The zero-order chi connectivity index (χ0) is 12.1. The van der Waals surface area contributed by atoms with Crippen molar-refractivity contribution in [2.24, 2.45) is 0 Å². The molecule has 0 radical (unpaired) electrons. The minimum absolute atomic E-state index is 0.00564. The van der Waals surface area contributed by atoms with Gasteiger partial charge in [0.2, 0.25) is 0 Å². The summed E-state index contributed by atoms with van der Waals surface area (Å²) in [6.07, 6.45) is 3.29. The maximum atomic E-state index is 11.8. The minimum atomic E-state index is -0.00564. The summed E-state index contributed by atoms with van der Waals surface area (Å²) in [5.41, 5.74) is 2.44. The number of benzene rings is 1. The van der Waals surface area contributed by atoms with Crippen LogP contribution in [0.4, 0.5) is 0 Å². The van der Waals surface area contributed by atoms with Gasteiger partial charge >= 0.3 is 0 Å². The molecule has 0 aliphatic carbocycles. The van der Waals surface area contributed by atoms with Crippen molar-refractivity contribution in [2.45, 2.75) is 6.92 Å². The molecule has 1 aromatic heterocycles. The fraction of sp³-hybridized carbons (Fsp3) is 0.0667. The molecule has 17 heavy (non-hydrogen) atoms. The van der Waals surface area contributed by atoms with Crippen molar-refractivity contribution < 1.29 is 4.79 Å². The summed E-state index contributed by atoms with van der Waals surface area (Å²) < 4.78 is 0. The van der Waals surface area contributed by atoms with E-state index >= 15 is 0 Å². The van der Waals surface area contributed by atoms with Gasteiger partial charge in [0.1, 0.15) is 0 Å². The van der Waals surface area contributed by atoms with Gasteiger partial charge in [-0.2, -0.15) is 0 Å². The molecule has 0 saturated heterocycles. The zero-order valence-corrected chi connectivity index (χ0v) is 9.63. The molecule has 0 bridgehead atoms. The second kappa shape index (κ2) is 5.21. The predicted molar refractivity (Wildman–Crippen MR) is 68.8 cm³/mol. The number of carbonyl (C=O) groups is 1. The second-order valence-corrected chi connectivity index (χ2v) is 3.77. The molecule has 1 heterocycles. The van der Waals surface area contributed by atoms with Gasteiger partial charge in [-0.15, -0.1) is 0 Å². The average molecular weight is 223 g/mol. The molecule has 0 saturated carbocycles. The second-order valence-electron chi connectivity index (χ2n) is 3.77. The van der Waals surface area contributed by atoms with E-state index in [1.807, 2.05) is 43.3 Å². The predicted octanol–water partition coefficient (Wildman–Crippen LogP) is 3.29. The quantitative estimate of drug-likeness (QED) is 0.590. The van der Waals surface area contributed by atoms with Gasteiger partial charge in [-0.25, -0.2) is 0 Å². The summed E-state index contributed by atoms with van der Waals surface area (Å²) in [6, 6.07) is 14.9. The van der Waals surface area contributed by atoms with Crippen molar-refractivity contribution in [2.75, 3.05) is 0 Å². The topological polar surface area (TPSA) is 30.0 Å². The van der Waals surface area contributed by atoms with Gasteiger partial charge in [-0.1, -0.05) is 36.4 Å². The van der Waals surface area contributed by atoms with Gasteiger partial charge in [0.05, 0.1) is 5.69 Å². The van der Waals surface area contributed by atoms with E-state index in [9.17, 15) is 4.79 Å². The van der Waals surface area contributed by atoms with Gasteiger partial charge in [0, 0.05) is 11.3 Å². The Morgan fingerprint density at radius 1 is 1.06 bits per heavy atom. The van der Waals surface area contributed by atoms with Gasteiger partial charge < -0.3 is 0 Å². The van der Waals surface area contributed by atoms with Crippen molar-refractivity contribution >= 4 is 11.9 Å². The Morgan fingerprint density at radius 3 is 2.53 bits per heavy atom. The molecule has 0 unspecified atom stereocenters.